The number of nitrogens with one attached hydrogen (secondary N) is 1. The molecule has 0 fully saturated rings. The molecule has 0 saturated carbocycles. The standard InChI is InChI=1S/C20H21FN2O/c1-5-6-13-9-15(19(16(21)10-13)20(3,4)24)14-7-8-17-18(11-14)23-12(2)22-17/h5,7-11,24H,1,6H2,2-4H3,(H,22,23). The molecule has 0 unspecified atom stereocenters. The second-order valence-electron chi connectivity index (χ2n) is 6.61. The predicted molar refractivity (Wildman–Crippen MR) is 95.4 cm³/mol. The zero-order chi connectivity index (χ0) is 17.5. The molecule has 4 heteroatoms. The minimum Gasteiger partial charge on any atom is -0.386 e. The molecule has 0 bridgehead atoms. The van der Waals surface area contributed by atoms with E-state index in [4.69, 9.17) is 0 Å². The second-order valence-corrected chi connectivity index (χ2v) is 6.61. The van der Waals surface area contributed by atoms with Crippen LogP contribution in [-0.4, -0.2) is 15.1 Å². The van der Waals surface area contributed by atoms with Gasteiger partial charge in [-0.05, 0) is 62.1 Å². The average Bonchev–Trinajstić information content (AvgIpc) is 2.84. The maximum atomic E-state index is 14.7. The topological polar surface area (TPSA) is 48.9 Å². The number of hydrogen-bond acceptors (Lipinski definition) is 2. The zero-order valence-corrected chi connectivity index (χ0v) is 14.2. The van der Waals surface area contributed by atoms with E-state index in [1.54, 1.807) is 19.9 Å². The van der Waals surface area contributed by atoms with Crippen molar-refractivity contribution in [1.29, 1.82) is 0 Å². The molecule has 1 aromatic heterocycles. The lowest BCUT2D eigenvalue weighted by Gasteiger charge is -2.23. The summed E-state index contributed by atoms with van der Waals surface area (Å²) in [7, 11) is 0. The van der Waals surface area contributed by atoms with Crippen molar-refractivity contribution in [2.75, 3.05) is 0 Å². The number of halogens is 1. The molecule has 3 nitrogen and oxygen atoms in total. The van der Waals surface area contributed by atoms with Gasteiger partial charge in [-0.15, -0.1) is 6.58 Å². The summed E-state index contributed by atoms with van der Waals surface area (Å²) >= 11 is 0. The Morgan fingerprint density at radius 3 is 2.71 bits per heavy atom. The average molecular weight is 324 g/mol. The molecule has 1 heterocycles. The fraction of sp³-hybridized carbons (Fsp3) is 0.250. The Kier molecular flexibility index (Phi) is 4.01. The van der Waals surface area contributed by atoms with Crippen molar-refractivity contribution in [3.05, 3.63) is 65.8 Å². The van der Waals surface area contributed by atoms with Crippen LogP contribution in [0, 0.1) is 12.7 Å². The van der Waals surface area contributed by atoms with Gasteiger partial charge in [0.2, 0.25) is 0 Å². The molecular weight excluding hydrogens is 303 g/mol. The lowest BCUT2D eigenvalue weighted by molar-refractivity contribution is 0.0752. The van der Waals surface area contributed by atoms with E-state index in [0.717, 1.165) is 28.0 Å². The van der Waals surface area contributed by atoms with Crippen molar-refractivity contribution in [2.24, 2.45) is 0 Å². The Morgan fingerprint density at radius 2 is 2.04 bits per heavy atom. The van der Waals surface area contributed by atoms with Gasteiger partial charge in [-0.1, -0.05) is 18.2 Å². The number of hydrogen-bond donors (Lipinski definition) is 2. The van der Waals surface area contributed by atoms with E-state index in [9.17, 15) is 9.50 Å². The Bertz CT molecular complexity index is 919. The highest BCUT2D eigenvalue weighted by molar-refractivity contribution is 5.83. The zero-order valence-electron chi connectivity index (χ0n) is 14.2. The van der Waals surface area contributed by atoms with Crippen LogP contribution in [-0.2, 0) is 12.0 Å². The van der Waals surface area contributed by atoms with Crippen molar-refractivity contribution >= 4 is 11.0 Å². The first-order valence-electron chi connectivity index (χ1n) is 7.92. The van der Waals surface area contributed by atoms with Crippen LogP contribution in [0.1, 0.15) is 30.8 Å². The predicted octanol–water partition coefficient (Wildman–Crippen LogP) is 4.63. The maximum Gasteiger partial charge on any atom is 0.130 e. The van der Waals surface area contributed by atoms with E-state index >= 15 is 0 Å². The quantitative estimate of drug-likeness (QED) is 0.687. The lowest BCUT2D eigenvalue weighted by atomic mass is 9.87. The van der Waals surface area contributed by atoms with Crippen molar-refractivity contribution in [3.63, 3.8) is 0 Å². The van der Waals surface area contributed by atoms with E-state index in [1.807, 2.05) is 31.2 Å². The van der Waals surface area contributed by atoms with Gasteiger partial charge in [0.15, 0.2) is 0 Å². The number of aromatic nitrogens is 2. The summed E-state index contributed by atoms with van der Waals surface area (Å²) in [5.41, 5.74) is 3.09. The highest BCUT2D eigenvalue weighted by Crippen LogP contribution is 2.36. The number of aromatic amines is 1. The Balaban J connectivity index is 2.27. The molecule has 0 spiro atoms. The minimum absolute atomic E-state index is 0.293. The Morgan fingerprint density at radius 1 is 1.29 bits per heavy atom. The Hall–Kier alpha value is -2.46. The summed E-state index contributed by atoms with van der Waals surface area (Å²) in [6.45, 7) is 8.81. The first-order chi connectivity index (χ1) is 11.3. The number of aryl methyl sites for hydroxylation is 1. The first-order valence-corrected chi connectivity index (χ1v) is 7.92. The van der Waals surface area contributed by atoms with Gasteiger partial charge in [0.1, 0.15) is 11.6 Å². The van der Waals surface area contributed by atoms with Crippen LogP contribution in [0.2, 0.25) is 0 Å². The van der Waals surface area contributed by atoms with Gasteiger partial charge < -0.3 is 10.1 Å². The number of benzene rings is 2. The molecule has 0 atom stereocenters. The largest absolute Gasteiger partial charge is 0.386 e. The molecule has 0 radical (unpaired) electrons. The van der Waals surface area contributed by atoms with Crippen LogP contribution in [0.15, 0.2) is 43.0 Å². The van der Waals surface area contributed by atoms with Crippen molar-refractivity contribution in [2.45, 2.75) is 32.8 Å². The molecule has 0 aliphatic heterocycles. The maximum absolute atomic E-state index is 14.7. The number of rotatable bonds is 4. The van der Waals surface area contributed by atoms with E-state index in [0.29, 0.717) is 17.5 Å². The first kappa shape index (κ1) is 16.4. The van der Waals surface area contributed by atoms with Gasteiger partial charge in [-0.2, -0.15) is 0 Å². The third-order valence-electron chi connectivity index (χ3n) is 4.05. The third kappa shape index (κ3) is 2.97. The fourth-order valence-electron chi connectivity index (χ4n) is 3.10. The molecule has 124 valence electrons. The molecule has 2 aromatic carbocycles. The molecule has 2 N–H and O–H groups in total. The van der Waals surface area contributed by atoms with Crippen LogP contribution in [0.3, 0.4) is 0 Å². The summed E-state index contributed by atoms with van der Waals surface area (Å²) in [5.74, 6) is 0.423. The number of nitrogens with zero attached hydrogens (tertiary/aromatic N) is 1. The summed E-state index contributed by atoms with van der Waals surface area (Å²) in [4.78, 5) is 7.62. The molecule has 0 amide bonds. The monoisotopic (exact) mass is 324 g/mol. The number of aliphatic hydroxyl groups is 1. The van der Waals surface area contributed by atoms with Gasteiger partial charge in [0, 0.05) is 5.56 Å². The van der Waals surface area contributed by atoms with Gasteiger partial charge >= 0.3 is 0 Å². The van der Waals surface area contributed by atoms with Gasteiger partial charge in [0.05, 0.1) is 16.6 Å². The lowest BCUT2D eigenvalue weighted by Crippen LogP contribution is -2.19. The van der Waals surface area contributed by atoms with Crippen LogP contribution in [0.5, 0.6) is 0 Å². The molecule has 0 saturated heterocycles. The molecule has 0 aliphatic rings. The molecule has 3 rings (SSSR count). The van der Waals surface area contributed by atoms with Crippen molar-refractivity contribution < 1.29 is 9.50 Å². The number of H-pyrrole nitrogens is 1. The highest BCUT2D eigenvalue weighted by Gasteiger charge is 2.26. The Labute approximate surface area is 140 Å². The molecular formula is C20H21FN2O. The summed E-state index contributed by atoms with van der Waals surface area (Å²) < 4.78 is 14.7. The molecule has 0 aliphatic carbocycles. The summed E-state index contributed by atoms with van der Waals surface area (Å²) in [5, 5.41) is 10.5. The van der Waals surface area contributed by atoms with Gasteiger partial charge in [-0.3, -0.25) is 0 Å². The third-order valence-corrected chi connectivity index (χ3v) is 4.05. The van der Waals surface area contributed by atoms with Gasteiger partial charge in [-0.25, -0.2) is 9.37 Å². The van der Waals surface area contributed by atoms with Crippen molar-refractivity contribution in [3.8, 4) is 11.1 Å². The van der Waals surface area contributed by atoms with Crippen LogP contribution >= 0.6 is 0 Å². The SMILES string of the molecule is C=CCc1cc(F)c(C(C)(C)O)c(-c2ccc3[nH]c(C)nc3c2)c1. The second kappa shape index (κ2) is 5.87. The number of fused-ring (bicyclic) bond motifs is 1. The van der Waals surface area contributed by atoms with Gasteiger partial charge in [0.25, 0.3) is 0 Å². The molecule has 24 heavy (non-hydrogen) atoms. The normalized spacial score (nSPS) is 11.9. The van der Waals surface area contributed by atoms with E-state index in [2.05, 4.69) is 16.5 Å². The van der Waals surface area contributed by atoms with Crippen molar-refractivity contribution in [1.82, 2.24) is 9.97 Å². The number of imidazole rings is 1. The fourth-order valence-corrected chi connectivity index (χ4v) is 3.10. The van der Waals surface area contributed by atoms with Crippen LogP contribution in [0.25, 0.3) is 22.2 Å². The van der Waals surface area contributed by atoms with Crippen LogP contribution < -0.4 is 0 Å². The number of allylic oxidation sites excluding steroid dienone is 1. The highest BCUT2D eigenvalue weighted by atomic mass is 19.1. The van der Waals surface area contributed by atoms with Crippen LogP contribution in [0.4, 0.5) is 4.39 Å². The summed E-state index contributed by atoms with van der Waals surface area (Å²) in [6.07, 6.45) is 2.31. The van der Waals surface area contributed by atoms with E-state index in [1.165, 1.54) is 6.07 Å². The minimum atomic E-state index is -1.29. The van der Waals surface area contributed by atoms with E-state index in [-0.39, 0.29) is 0 Å². The molecule has 3 aromatic rings. The smallest absolute Gasteiger partial charge is 0.130 e. The van der Waals surface area contributed by atoms with E-state index < -0.39 is 11.4 Å². The summed E-state index contributed by atoms with van der Waals surface area (Å²) in [6, 6.07) is 9.15.